The van der Waals surface area contributed by atoms with Gasteiger partial charge in [0.25, 0.3) is 0 Å². The molecule has 1 aliphatic heterocycles. The predicted octanol–water partition coefficient (Wildman–Crippen LogP) is 2.92. The van der Waals surface area contributed by atoms with Crippen LogP contribution in [-0.4, -0.2) is 35.0 Å². The normalized spacial score (nSPS) is 43.4. The molecule has 1 amide bonds. The van der Waals surface area contributed by atoms with E-state index < -0.39 is 5.97 Å². The lowest BCUT2D eigenvalue weighted by Crippen LogP contribution is -2.50. The zero-order chi connectivity index (χ0) is 15.3. The average Bonchev–Trinajstić information content (AvgIpc) is 2.45. The summed E-state index contributed by atoms with van der Waals surface area (Å²) in [5.74, 6) is 1.74. The molecule has 1 atom stereocenters. The second-order valence-corrected chi connectivity index (χ2v) is 8.61. The number of nitrogens with zero attached hydrogens (tertiary/aromatic N) is 1. The number of likely N-dealkylation sites (tertiary alicyclic amines) is 1. The third kappa shape index (κ3) is 2.55. The van der Waals surface area contributed by atoms with Crippen molar-refractivity contribution in [3.05, 3.63) is 0 Å². The molecule has 0 aromatic heterocycles. The molecule has 0 aromatic carbocycles. The predicted molar refractivity (Wildman–Crippen MR) is 82.2 cm³/mol. The number of rotatable bonds is 3. The molecule has 0 aromatic rings. The maximum Gasteiger partial charge on any atom is 0.308 e. The van der Waals surface area contributed by atoms with Crippen LogP contribution in [0.3, 0.4) is 0 Å². The van der Waals surface area contributed by atoms with Crippen molar-refractivity contribution in [3.63, 3.8) is 0 Å². The summed E-state index contributed by atoms with van der Waals surface area (Å²) < 4.78 is 0. The molecule has 4 aliphatic carbocycles. The monoisotopic (exact) mass is 305 g/mol. The summed E-state index contributed by atoms with van der Waals surface area (Å²) in [7, 11) is 0. The van der Waals surface area contributed by atoms with Gasteiger partial charge in [-0.1, -0.05) is 0 Å². The van der Waals surface area contributed by atoms with Gasteiger partial charge in [0.05, 0.1) is 5.92 Å². The van der Waals surface area contributed by atoms with Crippen molar-refractivity contribution in [1.82, 2.24) is 4.90 Å². The Morgan fingerprint density at radius 2 is 1.64 bits per heavy atom. The zero-order valence-electron chi connectivity index (χ0n) is 13.3. The van der Waals surface area contributed by atoms with Crippen molar-refractivity contribution in [2.45, 2.75) is 57.8 Å². The van der Waals surface area contributed by atoms with E-state index in [4.69, 9.17) is 0 Å². The van der Waals surface area contributed by atoms with Gasteiger partial charge in [0.1, 0.15) is 0 Å². The van der Waals surface area contributed by atoms with Crippen molar-refractivity contribution in [1.29, 1.82) is 0 Å². The molecule has 4 heteroatoms. The maximum atomic E-state index is 12.8. The van der Waals surface area contributed by atoms with Gasteiger partial charge in [0.15, 0.2) is 0 Å². The molecule has 0 unspecified atom stereocenters. The van der Waals surface area contributed by atoms with Gasteiger partial charge in [0.2, 0.25) is 5.91 Å². The van der Waals surface area contributed by atoms with E-state index in [0.29, 0.717) is 13.0 Å². The Balaban J connectivity index is 1.42. The van der Waals surface area contributed by atoms with E-state index in [1.165, 1.54) is 38.5 Å². The van der Waals surface area contributed by atoms with Crippen LogP contribution in [0.1, 0.15) is 57.8 Å². The molecule has 1 saturated heterocycles. The van der Waals surface area contributed by atoms with Crippen LogP contribution < -0.4 is 0 Å². The minimum absolute atomic E-state index is 0.230. The highest BCUT2D eigenvalue weighted by molar-refractivity contribution is 5.78. The van der Waals surface area contributed by atoms with Crippen LogP contribution in [-0.2, 0) is 9.59 Å². The molecule has 5 fully saturated rings. The van der Waals surface area contributed by atoms with Crippen LogP contribution in [0.4, 0.5) is 0 Å². The van der Waals surface area contributed by atoms with E-state index in [-0.39, 0.29) is 17.2 Å². The smallest absolute Gasteiger partial charge is 0.308 e. The standard InChI is InChI=1S/C18H27NO3/c20-16(19-3-1-2-15(11-19)17(21)22)10-18-7-12-4-13(8-18)6-14(5-12)9-18/h12-15H,1-11H2,(H,21,22)/t12?,13?,14?,15-,18?/m0/s1. The Labute approximate surface area is 132 Å². The molecule has 1 heterocycles. The molecule has 4 nitrogen and oxygen atoms in total. The lowest BCUT2D eigenvalue weighted by atomic mass is 9.49. The first-order valence-corrected chi connectivity index (χ1v) is 9.04. The summed E-state index contributed by atoms with van der Waals surface area (Å²) in [4.78, 5) is 25.8. The molecular weight excluding hydrogens is 278 g/mol. The Kier molecular flexibility index (Phi) is 3.46. The van der Waals surface area contributed by atoms with Gasteiger partial charge in [-0.05, 0) is 74.5 Å². The number of carbonyl (C=O) groups is 2. The highest BCUT2D eigenvalue weighted by Gasteiger charge is 2.51. The van der Waals surface area contributed by atoms with Gasteiger partial charge in [-0.15, -0.1) is 0 Å². The van der Waals surface area contributed by atoms with E-state index in [1.807, 2.05) is 4.90 Å². The van der Waals surface area contributed by atoms with E-state index >= 15 is 0 Å². The fraction of sp³-hybridized carbons (Fsp3) is 0.889. The minimum atomic E-state index is -0.743. The fourth-order valence-corrected chi connectivity index (χ4v) is 6.34. The van der Waals surface area contributed by atoms with Gasteiger partial charge in [0, 0.05) is 19.5 Å². The first-order chi connectivity index (χ1) is 10.5. The van der Waals surface area contributed by atoms with E-state index in [0.717, 1.165) is 37.1 Å². The second-order valence-electron chi connectivity index (χ2n) is 8.61. The van der Waals surface area contributed by atoms with Crippen molar-refractivity contribution >= 4 is 11.9 Å². The van der Waals surface area contributed by atoms with E-state index in [9.17, 15) is 14.7 Å². The molecule has 122 valence electrons. The summed E-state index contributed by atoms with van der Waals surface area (Å²) in [5.41, 5.74) is 0.266. The Morgan fingerprint density at radius 1 is 1.05 bits per heavy atom. The van der Waals surface area contributed by atoms with E-state index in [2.05, 4.69) is 0 Å². The van der Waals surface area contributed by atoms with Gasteiger partial charge in [-0.25, -0.2) is 0 Å². The summed E-state index contributed by atoms with van der Waals surface area (Å²) in [6, 6.07) is 0. The highest BCUT2D eigenvalue weighted by atomic mass is 16.4. The van der Waals surface area contributed by atoms with Crippen LogP contribution in [0.15, 0.2) is 0 Å². The number of aliphatic carboxylic acids is 1. The van der Waals surface area contributed by atoms with Crippen LogP contribution in [0.25, 0.3) is 0 Å². The number of amides is 1. The zero-order valence-corrected chi connectivity index (χ0v) is 13.3. The largest absolute Gasteiger partial charge is 0.481 e. The Bertz CT molecular complexity index is 451. The summed E-state index contributed by atoms with van der Waals surface area (Å²) in [5, 5.41) is 9.20. The van der Waals surface area contributed by atoms with Crippen LogP contribution in [0, 0.1) is 29.1 Å². The van der Waals surface area contributed by atoms with Crippen LogP contribution >= 0.6 is 0 Å². The molecule has 5 aliphatic rings. The number of carboxylic acid groups (broad SMARTS) is 1. The molecule has 0 radical (unpaired) electrons. The number of hydrogen-bond donors (Lipinski definition) is 1. The number of piperidine rings is 1. The molecular formula is C18H27NO3. The summed E-state index contributed by atoms with van der Waals surface area (Å²) >= 11 is 0. The molecule has 0 spiro atoms. The van der Waals surface area contributed by atoms with Crippen molar-refractivity contribution in [3.8, 4) is 0 Å². The SMILES string of the molecule is O=C(O)[C@H]1CCCN(C(=O)CC23CC4CC(CC(C4)C2)C3)C1. The van der Waals surface area contributed by atoms with Gasteiger partial charge >= 0.3 is 5.97 Å². The minimum Gasteiger partial charge on any atom is -0.481 e. The highest BCUT2D eigenvalue weighted by Crippen LogP contribution is 2.61. The molecule has 1 N–H and O–H groups in total. The van der Waals surface area contributed by atoms with E-state index in [1.54, 1.807) is 0 Å². The first kappa shape index (κ1) is 14.5. The van der Waals surface area contributed by atoms with Crippen LogP contribution in [0.5, 0.6) is 0 Å². The number of carbonyl (C=O) groups excluding carboxylic acids is 1. The van der Waals surface area contributed by atoms with Crippen LogP contribution in [0.2, 0.25) is 0 Å². The van der Waals surface area contributed by atoms with Crippen molar-refractivity contribution in [2.75, 3.05) is 13.1 Å². The lowest BCUT2D eigenvalue weighted by molar-refractivity contribution is -0.148. The molecule has 4 bridgehead atoms. The number of hydrogen-bond acceptors (Lipinski definition) is 2. The quantitative estimate of drug-likeness (QED) is 0.872. The second kappa shape index (κ2) is 5.24. The first-order valence-electron chi connectivity index (χ1n) is 9.04. The Morgan fingerprint density at radius 3 is 2.18 bits per heavy atom. The maximum absolute atomic E-state index is 12.8. The lowest BCUT2D eigenvalue weighted by Gasteiger charge is -2.57. The number of carboxylic acids is 1. The average molecular weight is 305 g/mol. The topological polar surface area (TPSA) is 57.6 Å². The molecule has 22 heavy (non-hydrogen) atoms. The van der Waals surface area contributed by atoms with Crippen molar-refractivity contribution in [2.24, 2.45) is 29.1 Å². The Hall–Kier alpha value is -1.06. The van der Waals surface area contributed by atoms with Crippen molar-refractivity contribution < 1.29 is 14.7 Å². The summed E-state index contributed by atoms with van der Waals surface area (Å²) in [6.45, 7) is 1.19. The third-order valence-electron chi connectivity index (χ3n) is 6.81. The molecule has 4 saturated carbocycles. The van der Waals surface area contributed by atoms with Gasteiger partial charge in [-0.3, -0.25) is 9.59 Å². The molecule has 5 rings (SSSR count). The summed E-state index contributed by atoms with van der Waals surface area (Å²) in [6.07, 6.45) is 10.2. The third-order valence-corrected chi connectivity index (χ3v) is 6.81. The van der Waals surface area contributed by atoms with Gasteiger partial charge in [-0.2, -0.15) is 0 Å². The van der Waals surface area contributed by atoms with Gasteiger partial charge < -0.3 is 10.0 Å². The fourth-order valence-electron chi connectivity index (χ4n) is 6.34.